The van der Waals surface area contributed by atoms with E-state index in [-0.39, 0.29) is 58.9 Å². The topological polar surface area (TPSA) is 238 Å². The molecular formula is C39H50N3O14-. The molecule has 2 amide bonds. The normalized spacial score (nSPS) is 20.8. The predicted molar refractivity (Wildman–Crippen MR) is 197 cm³/mol. The van der Waals surface area contributed by atoms with Crippen LogP contribution in [-0.2, 0) is 57.2 Å². The molecule has 306 valence electrons. The Balaban J connectivity index is 0.00000870. The molecule has 6 atom stereocenters. The molecule has 0 bridgehead atoms. The molecule has 0 aromatic heterocycles. The molecule has 0 spiro atoms. The molecule has 1 aliphatic heterocycles. The maximum atomic E-state index is 12.6. The molecule has 17 nitrogen and oxygen atoms in total. The standard InChI is InChI=1S/C39H49N3O14.H2/c1-22(43)41-34-36(55-25(4)46)35(54-24(3)45)32(21-52-23(2)44)56-38(34)51-19-11-17-33(47)40-18-10-9-16-31(37(48)49)42-39(50)53-20-30-28-14-7-5-12-26(28)27-13-6-8-15-29(27)30;/h5-8,12-15,30-32,34-36,38H,9-11,16-21H2,1-4H3,(H,40,47)(H,41,43)(H,42,50)(H,48,49);1H/p-1/t31-,32?,34?,35+,36+,38+;/m0./s1. The lowest BCUT2D eigenvalue weighted by Crippen LogP contribution is -2.66. The van der Waals surface area contributed by atoms with Crippen LogP contribution in [0.25, 0.3) is 11.1 Å². The van der Waals surface area contributed by atoms with Crippen LogP contribution in [-0.4, -0.2) is 110 Å². The van der Waals surface area contributed by atoms with E-state index in [1.165, 1.54) is 13.8 Å². The number of carboxylic acids is 1. The Morgan fingerprint density at radius 1 is 0.839 bits per heavy atom. The number of amides is 2. The third kappa shape index (κ3) is 12.5. The number of carboxylic acid groups (broad SMARTS) is 1. The van der Waals surface area contributed by atoms with E-state index in [1.54, 1.807) is 0 Å². The number of benzene rings is 2. The number of aliphatic carboxylic acids is 1. The van der Waals surface area contributed by atoms with Crippen LogP contribution in [0, 0.1) is 0 Å². The Kier molecular flexibility index (Phi) is 16.1. The van der Waals surface area contributed by atoms with Crippen LogP contribution in [0.15, 0.2) is 53.5 Å². The van der Waals surface area contributed by atoms with E-state index >= 15 is 0 Å². The van der Waals surface area contributed by atoms with Gasteiger partial charge in [-0.25, -0.2) is 4.79 Å². The number of hydrogen-bond acceptors (Lipinski definition) is 14. The van der Waals surface area contributed by atoms with Crippen molar-refractivity contribution in [2.45, 2.75) is 102 Å². The van der Waals surface area contributed by atoms with E-state index in [1.807, 2.05) is 48.5 Å². The number of nitrogens with one attached hydrogen (secondary N) is 2. The first-order chi connectivity index (χ1) is 26.7. The molecule has 1 aliphatic carbocycles. The van der Waals surface area contributed by atoms with Gasteiger partial charge in [0.1, 0.15) is 30.9 Å². The summed E-state index contributed by atoms with van der Waals surface area (Å²) in [6, 6.07) is 13.3. The van der Waals surface area contributed by atoms with E-state index in [0.29, 0.717) is 12.8 Å². The maximum absolute atomic E-state index is 12.6. The molecular weight excluding hydrogens is 734 g/mol. The second-order valence-electron chi connectivity index (χ2n) is 13.3. The Morgan fingerprint density at radius 2 is 1.46 bits per heavy atom. The average Bonchev–Trinajstić information content (AvgIpc) is 3.46. The lowest BCUT2D eigenvalue weighted by Gasteiger charge is -2.44. The molecule has 2 aliphatic rings. The number of carbonyl (C=O) groups is 6. The fourth-order valence-corrected chi connectivity index (χ4v) is 6.65. The van der Waals surface area contributed by atoms with Crippen LogP contribution in [0.4, 0.5) is 0 Å². The van der Waals surface area contributed by atoms with Gasteiger partial charge >= 0.3 is 23.9 Å². The van der Waals surface area contributed by atoms with Crippen molar-refractivity contribution < 1.29 is 68.8 Å². The zero-order valence-electron chi connectivity index (χ0n) is 31.7. The predicted octanol–water partition coefficient (Wildman–Crippen LogP) is 1.97. The van der Waals surface area contributed by atoms with E-state index in [2.05, 4.69) is 15.6 Å². The summed E-state index contributed by atoms with van der Waals surface area (Å²) in [5.74, 6) is -4.40. The van der Waals surface area contributed by atoms with Crippen molar-refractivity contribution in [1.29, 1.82) is 0 Å². The van der Waals surface area contributed by atoms with Crippen LogP contribution in [0.1, 0.15) is 78.3 Å². The van der Waals surface area contributed by atoms with E-state index < -0.39 is 72.6 Å². The quantitative estimate of drug-likeness (QED) is 0.0607. The summed E-state index contributed by atoms with van der Waals surface area (Å²) in [6.45, 7) is 4.50. The maximum Gasteiger partial charge on any atom is 0.328 e. The number of fused-ring (bicyclic) bond motifs is 3. The van der Waals surface area contributed by atoms with Crippen LogP contribution >= 0.6 is 0 Å². The molecule has 2 aromatic rings. The molecule has 1 fully saturated rings. The minimum atomic E-state index is -1.31. The Bertz CT molecular complexity index is 1710. The van der Waals surface area contributed by atoms with Gasteiger partial charge in [0.05, 0.1) is 6.61 Å². The van der Waals surface area contributed by atoms with Crippen LogP contribution in [0.3, 0.4) is 0 Å². The monoisotopic (exact) mass is 784 g/mol. The summed E-state index contributed by atoms with van der Waals surface area (Å²) in [4.78, 5) is 75.7. The molecule has 3 N–H and O–H groups in total. The number of aliphatic imine (C=N–C) groups is 1. The number of unbranched alkanes of at least 4 members (excludes halogenated alkanes) is 1. The van der Waals surface area contributed by atoms with Crippen LogP contribution in [0.5, 0.6) is 0 Å². The second-order valence-corrected chi connectivity index (χ2v) is 13.3. The van der Waals surface area contributed by atoms with Crippen molar-refractivity contribution in [2.24, 2.45) is 4.99 Å². The largest absolute Gasteiger partial charge is 0.599 e. The highest BCUT2D eigenvalue weighted by Crippen LogP contribution is 2.44. The summed E-state index contributed by atoms with van der Waals surface area (Å²) in [6.07, 6.45) is -4.78. The first kappa shape index (κ1) is 43.2. The highest BCUT2D eigenvalue weighted by molar-refractivity contribution is 5.80. The molecule has 0 radical (unpaired) electrons. The Hall–Kier alpha value is -5.55. The van der Waals surface area contributed by atoms with Gasteiger partial charge in [-0.2, -0.15) is 0 Å². The lowest BCUT2D eigenvalue weighted by molar-refractivity contribution is -0.277. The molecule has 4 rings (SSSR count). The average molecular weight is 785 g/mol. The first-order valence-corrected chi connectivity index (χ1v) is 18.3. The van der Waals surface area contributed by atoms with Crippen molar-refractivity contribution >= 4 is 41.8 Å². The minimum Gasteiger partial charge on any atom is -0.599 e. The number of nitrogens with zero attached hydrogens (tertiary/aromatic N) is 1. The first-order valence-electron chi connectivity index (χ1n) is 18.3. The zero-order chi connectivity index (χ0) is 40.8. The molecule has 1 saturated heterocycles. The second kappa shape index (κ2) is 20.9. The lowest BCUT2D eigenvalue weighted by atomic mass is 9.96. The van der Waals surface area contributed by atoms with Crippen molar-refractivity contribution in [2.75, 3.05) is 26.4 Å². The van der Waals surface area contributed by atoms with E-state index in [0.717, 1.165) is 36.1 Å². The minimum absolute atomic E-state index is 0. The molecule has 56 heavy (non-hydrogen) atoms. The van der Waals surface area contributed by atoms with Crippen molar-refractivity contribution in [3.63, 3.8) is 0 Å². The summed E-state index contributed by atoms with van der Waals surface area (Å²) < 4.78 is 33.1. The van der Waals surface area contributed by atoms with Gasteiger partial charge in [0.15, 0.2) is 18.5 Å². The molecule has 17 heteroatoms. The molecule has 2 aromatic carbocycles. The zero-order valence-corrected chi connectivity index (χ0v) is 31.7. The third-order valence-corrected chi connectivity index (χ3v) is 9.01. The molecule has 0 saturated carbocycles. The van der Waals surface area contributed by atoms with Crippen LogP contribution in [0.2, 0.25) is 0 Å². The Morgan fingerprint density at radius 3 is 2.05 bits per heavy atom. The van der Waals surface area contributed by atoms with E-state index in [4.69, 9.17) is 28.4 Å². The van der Waals surface area contributed by atoms with Gasteiger partial charge in [-0.05, 0) is 47.9 Å². The highest BCUT2D eigenvalue weighted by atomic mass is 16.7. The third-order valence-electron chi connectivity index (χ3n) is 9.01. The van der Waals surface area contributed by atoms with Crippen molar-refractivity contribution in [3.05, 3.63) is 59.7 Å². The SMILES string of the molecule is CC(=O)NC1[C@H](OCCCC(=O)NCCCC[C@H](N=C([O-])OCC2c3ccccc3-c3ccccc32)C(=O)O)OC(COC(C)=O)[C@@H](OC(C)=O)[C@@H]1OC(C)=O.[HH]. The van der Waals surface area contributed by atoms with Gasteiger partial charge in [-0.1, -0.05) is 48.5 Å². The fourth-order valence-electron chi connectivity index (χ4n) is 6.65. The van der Waals surface area contributed by atoms with Gasteiger partial charge in [0.25, 0.3) is 0 Å². The van der Waals surface area contributed by atoms with Crippen molar-refractivity contribution in [3.8, 4) is 11.1 Å². The molecule has 1 heterocycles. The van der Waals surface area contributed by atoms with Gasteiger partial charge in [0.2, 0.25) is 11.8 Å². The van der Waals surface area contributed by atoms with Gasteiger partial charge in [-0.15, -0.1) is 0 Å². The number of carbonyl (C=O) groups excluding carboxylic acids is 5. The number of rotatable bonds is 19. The number of ether oxygens (including phenoxy) is 6. The fraction of sp³-hybridized carbons (Fsp3) is 0.513. The number of hydrogen-bond donors (Lipinski definition) is 3. The van der Waals surface area contributed by atoms with Crippen LogP contribution < -0.4 is 15.7 Å². The summed E-state index contributed by atoms with van der Waals surface area (Å²) in [7, 11) is 0. The summed E-state index contributed by atoms with van der Waals surface area (Å²) >= 11 is 0. The van der Waals surface area contributed by atoms with E-state index in [9.17, 15) is 39.0 Å². The smallest absolute Gasteiger partial charge is 0.328 e. The Labute approximate surface area is 325 Å². The van der Waals surface area contributed by atoms with Gasteiger partial charge in [-0.3, -0.25) is 29.0 Å². The summed E-state index contributed by atoms with van der Waals surface area (Å²) in [5.41, 5.74) is 4.18. The van der Waals surface area contributed by atoms with Gasteiger partial charge in [0, 0.05) is 54.6 Å². The van der Waals surface area contributed by atoms with Crippen molar-refractivity contribution in [1.82, 2.24) is 10.6 Å². The van der Waals surface area contributed by atoms with Gasteiger partial charge < -0.3 is 49.3 Å². The highest BCUT2D eigenvalue weighted by Gasteiger charge is 2.51. The number of esters is 3. The summed E-state index contributed by atoms with van der Waals surface area (Å²) in [5, 5.41) is 27.6. The molecule has 2 unspecified atom stereocenters.